The third-order valence-electron chi connectivity index (χ3n) is 14.4. The summed E-state index contributed by atoms with van der Waals surface area (Å²) in [5.41, 5.74) is 0. The van der Waals surface area contributed by atoms with E-state index in [1.54, 1.807) is 0 Å². The Morgan fingerprint density at radius 3 is 0.547 bits per heavy atom. The summed E-state index contributed by atoms with van der Waals surface area (Å²) in [6.07, 6.45) is 62.5. The van der Waals surface area contributed by atoms with Gasteiger partial charge in [0.1, 0.15) is 0 Å². The number of aliphatic carboxylic acids is 3. The van der Waals surface area contributed by atoms with Crippen LogP contribution in [-0.2, 0) is 14.4 Å². The maximum atomic E-state index is 10.6. The van der Waals surface area contributed by atoms with Gasteiger partial charge in [0.05, 0.1) is 8.07 Å². The average molecular weight is 920 g/mol. The Bertz CT molecular complexity index is 899. The van der Waals surface area contributed by atoms with Crippen LogP contribution in [0.3, 0.4) is 0 Å². The molecule has 3 N–H and O–H groups in total. The van der Waals surface area contributed by atoms with E-state index in [1.807, 2.05) is 0 Å². The Kier molecular flexibility index (Phi) is 49.5. The number of allylic oxidation sites excluding steroid dienone is 1. The minimum Gasteiger partial charge on any atom is -0.481 e. The summed E-state index contributed by atoms with van der Waals surface area (Å²) < 4.78 is 0. The molecule has 0 unspecified atom stereocenters. The lowest BCUT2D eigenvalue weighted by molar-refractivity contribution is -0.138. The number of carbonyl (C=O) groups is 3. The van der Waals surface area contributed by atoms with Crippen LogP contribution in [0.15, 0.2) is 12.7 Å². The highest BCUT2D eigenvalue weighted by atomic mass is 28.3. The van der Waals surface area contributed by atoms with E-state index in [9.17, 15) is 14.4 Å². The fourth-order valence-corrected chi connectivity index (χ4v) is 15.2. The Morgan fingerprint density at radius 2 is 0.406 bits per heavy atom. The van der Waals surface area contributed by atoms with Gasteiger partial charge in [0.2, 0.25) is 0 Å². The van der Waals surface area contributed by atoms with Gasteiger partial charge in [-0.05, 0) is 25.3 Å². The van der Waals surface area contributed by atoms with Crippen molar-refractivity contribution in [3.63, 3.8) is 0 Å². The number of carboxylic acids is 3. The largest absolute Gasteiger partial charge is 0.481 e. The molecule has 0 aromatic heterocycles. The van der Waals surface area contributed by atoms with Crippen molar-refractivity contribution in [2.45, 2.75) is 332 Å². The zero-order chi connectivity index (χ0) is 46.7. The van der Waals surface area contributed by atoms with Crippen molar-refractivity contribution in [2.75, 3.05) is 0 Å². The van der Waals surface area contributed by atoms with Crippen LogP contribution in [0, 0.1) is 0 Å². The first kappa shape index (κ1) is 62.4. The lowest BCUT2D eigenvalue weighted by atomic mass is 10.0. The number of hydrogen-bond acceptors (Lipinski definition) is 3. The quantitative estimate of drug-likeness (QED) is 0.0318. The molecule has 0 saturated heterocycles. The summed E-state index contributed by atoms with van der Waals surface area (Å²) in [5.74, 6) is -1.97. The summed E-state index contributed by atoms with van der Waals surface area (Å²) >= 11 is 0. The maximum Gasteiger partial charge on any atom is 0.303 e. The monoisotopic (exact) mass is 919 g/mol. The van der Waals surface area contributed by atoms with Crippen LogP contribution in [0.2, 0.25) is 24.2 Å². The summed E-state index contributed by atoms with van der Waals surface area (Å²) in [7, 11) is -1.32. The molecule has 0 spiro atoms. The van der Waals surface area contributed by atoms with Gasteiger partial charge in [-0.1, -0.05) is 294 Å². The van der Waals surface area contributed by atoms with Crippen LogP contribution in [-0.4, -0.2) is 41.3 Å². The molecular formula is C57H110O6Si. The van der Waals surface area contributed by atoms with E-state index < -0.39 is 26.0 Å². The zero-order valence-corrected chi connectivity index (χ0v) is 43.6. The van der Waals surface area contributed by atoms with Gasteiger partial charge < -0.3 is 15.3 Å². The van der Waals surface area contributed by atoms with E-state index in [-0.39, 0.29) is 0 Å². The topological polar surface area (TPSA) is 112 Å². The second-order valence-electron chi connectivity index (χ2n) is 20.6. The fraction of sp³-hybridized carbons (Fsp3) is 0.912. The molecule has 0 heterocycles. The molecule has 0 aliphatic rings. The second-order valence-corrected chi connectivity index (χ2v) is 25.5. The van der Waals surface area contributed by atoms with Crippen molar-refractivity contribution in [1.82, 2.24) is 0 Å². The first-order valence-electron chi connectivity index (χ1n) is 28.6. The van der Waals surface area contributed by atoms with Gasteiger partial charge in [0.25, 0.3) is 0 Å². The first-order chi connectivity index (χ1) is 31.3. The molecule has 0 rings (SSSR count). The van der Waals surface area contributed by atoms with Crippen LogP contribution in [0.5, 0.6) is 0 Å². The standard InChI is InChI=1S/C57H110O6Si/c1-2-51-64(52-45-39-33-27-21-15-9-3-6-12-18-24-30-36-42-48-55(58)59,53-46-40-34-28-22-16-10-4-7-13-19-25-31-37-43-49-56(60)61)54-47-41-35-29-23-17-11-5-8-14-20-26-32-38-44-50-57(62)63/h2H,1,3-54H2,(H,58,59)(H,60,61)(H,62,63). The van der Waals surface area contributed by atoms with E-state index >= 15 is 0 Å². The first-order valence-corrected chi connectivity index (χ1v) is 31.4. The number of rotatable bonds is 56. The van der Waals surface area contributed by atoms with Gasteiger partial charge in [-0.2, -0.15) is 0 Å². The van der Waals surface area contributed by atoms with E-state index in [0.29, 0.717) is 19.3 Å². The molecule has 0 radical (unpaired) electrons. The minimum atomic E-state index is -1.32. The Morgan fingerprint density at radius 1 is 0.266 bits per heavy atom. The van der Waals surface area contributed by atoms with Crippen molar-refractivity contribution in [2.24, 2.45) is 0 Å². The van der Waals surface area contributed by atoms with Crippen molar-refractivity contribution in [3.8, 4) is 0 Å². The summed E-state index contributed by atoms with van der Waals surface area (Å²) in [6.45, 7) is 4.32. The van der Waals surface area contributed by atoms with Crippen LogP contribution in [0.4, 0.5) is 0 Å². The predicted octanol–water partition coefficient (Wildman–Crippen LogP) is 19.6. The molecule has 0 aliphatic heterocycles. The average Bonchev–Trinajstić information content (AvgIpc) is 3.26. The summed E-state index contributed by atoms with van der Waals surface area (Å²) in [6, 6.07) is 5.95. The highest BCUT2D eigenvalue weighted by Crippen LogP contribution is 2.34. The van der Waals surface area contributed by atoms with Gasteiger partial charge in [-0.3, -0.25) is 14.4 Å². The van der Waals surface area contributed by atoms with Crippen molar-refractivity contribution in [1.29, 1.82) is 0 Å². The number of carboxylic acid groups (broad SMARTS) is 3. The third kappa shape index (κ3) is 49.8. The molecule has 7 heteroatoms. The van der Waals surface area contributed by atoms with Crippen LogP contribution in [0.1, 0.15) is 308 Å². The molecule has 0 amide bonds. The molecule has 0 saturated carbocycles. The Balaban J connectivity index is 4.32. The molecule has 6 nitrogen and oxygen atoms in total. The lowest BCUT2D eigenvalue weighted by Crippen LogP contribution is -2.33. The molecule has 0 bridgehead atoms. The molecule has 0 aliphatic carbocycles. The normalized spacial score (nSPS) is 11.7. The molecule has 64 heavy (non-hydrogen) atoms. The van der Waals surface area contributed by atoms with E-state index in [4.69, 9.17) is 15.3 Å². The Labute approximate surface area is 399 Å². The molecule has 378 valence electrons. The molecule has 0 aromatic carbocycles. The van der Waals surface area contributed by atoms with Crippen molar-refractivity contribution in [3.05, 3.63) is 12.7 Å². The van der Waals surface area contributed by atoms with Crippen LogP contribution >= 0.6 is 0 Å². The van der Waals surface area contributed by atoms with Crippen LogP contribution < -0.4 is 0 Å². The highest BCUT2D eigenvalue weighted by molar-refractivity contribution is 6.80. The third-order valence-corrected chi connectivity index (χ3v) is 19.8. The zero-order valence-electron chi connectivity index (χ0n) is 42.6. The van der Waals surface area contributed by atoms with Gasteiger partial charge in [0.15, 0.2) is 0 Å². The number of unbranched alkanes of at least 4 members (excludes halogenated alkanes) is 42. The van der Waals surface area contributed by atoms with Crippen molar-refractivity contribution >= 4 is 26.0 Å². The molecule has 0 atom stereocenters. The Hall–Kier alpha value is -1.63. The lowest BCUT2D eigenvalue weighted by Gasteiger charge is -2.32. The van der Waals surface area contributed by atoms with Gasteiger partial charge in [0, 0.05) is 19.3 Å². The summed E-state index contributed by atoms with van der Waals surface area (Å²) in [5, 5.41) is 26.3. The SMILES string of the molecule is C=CC[Si](CCCCCCCCCCCCCCCCCC(=O)O)(CCCCCCCCCCCCCCCCCC(=O)O)CCCCCCCCCCCCCCCCCC(=O)O. The van der Waals surface area contributed by atoms with E-state index in [1.165, 1.54) is 275 Å². The maximum absolute atomic E-state index is 10.6. The molecule has 0 aromatic rings. The molecular weight excluding hydrogens is 809 g/mol. The number of hydrogen-bond donors (Lipinski definition) is 3. The van der Waals surface area contributed by atoms with Gasteiger partial charge in [-0.25, -0.2) is 0 Å². The second kappa shape index (κ2) is 50.8. The summed E-state index contributed by atoms with van der Waals surface area (Å²) in [4.78, 5) is 31.9. The van der Waals surface area contributed by atoms with Gasteiger partial charge in [-0.15, -0.1) is 6.58 Å². The fourth-order valence-electron chi connectivity index (χ4n) is 10.2. The van der Waals surface area contributed by atoms with Crippen LogP contribution in [0.25, 0.3) is 0 Å². The van der Waals surface area contributed by atoms with E-state index in [2.05, 4.69) is 12.7 Å². The van der Waals surface area contributed by atoms with E-state index in [0.717, 1.165) is 38.5 Å². The highest BCUT2D eigenvalue weighted by Gasteiger charge is 2.29. The van der Waals surface area contributed by atoms with Gasteiger partial charge >= 0.3 is 17.9 Å². The smallest absolute Gasteiger partial charge is 0.303 e. The molecule has 0 fully saturated rings. The van der Waals surface area contributed by atoms with Crippen molar-refractivity contribution < 1.29 is 29.7 Å². The minimum absolute atomic E-state index is 0.330. The predicted molar refractivity (Wildman–Crippen MR) is 280 cm³/mol.